The van der Waals surface area contributed by atoms with Crippen LogP contribution in [0.1, 0.15) is 40.2 Å². The third-order valence-corrected chi connectivity index (χ3v) is 5.57. The quantitative estimate of drug-likeness (QED) is 0.647. The van der Waals surface area contributed by atoms with Crippen LogP contribution in [0.2, 0.25) is 0 Å². The lowest BCUT2D eigenvalue weighted by molar-refractivity contribution is 0.707. The van der Waals surface area contributed by atoms with Crippen molar-refractivity contribution in [2.24, 2.45) is 5.73 Å². The summed E-state index contributed by atoms with van der Waals surface area (Å²) in [6.45, 7) is 0. The largest absolute Gasteiger partial charge is 0.399 e. The zero-order chi connectivity index (χ0) is 17.0. The summed E-state index contributed by atoms with van der Waals surface area (Å²) in [4.78, 5) is 0. The summed E-state index contributed by atoms with van der Waals surface area (Å²) in [5.74, 6) is 0.400. The number of nitrogen functional groups attached to an aromatic ring is 1. The molecule has 4 N–H and O–H groups in total. The maximum absolute atomic E-state index is 6.81. The van der Waals surface area contributed by atoms with Crippen molar-refractivity contribution in [2.75, 3.05) is 5.73 Å². The van der Waals surface area contributed by atoms with Crippen LogP contribution in [0.25, 0.3) is 11.6 Å². The molecular formula is C23H20N2. The van der Waals surface area contributed by atoms with Crippen molar-refractivity contribution < 1.29 is 0 Å². The molecule has 0 amide bonds. The Morgan fingerprint density at radius 1 is 0.880 bits per heavy atom. The summed E-state index contributed by atoms with van der Waals surface area (Å²) in [6.07, 6.45) is 3.26. The first-order valence-electron chi connectivity index (χ1n) is 8.72. The van der Waals surface area contributed by atoms with Crippen LogP contribution in [0.15, 0.2) is 72.8 Å². The van der Waals surface area contributed by atoms with Crippen molar-refractivity contribution in [3.8, 4) is 0 Å². The molecule has 3 aromatic carbocycles. The van der Waals surface area contributed by atoms with E-state index in [1.54, 1.807) is 0 Å². The molecule has 2 aliphatic carbocycles. The average Bonchev–Trinajstić information content (AvgIpc) is 3.33. The predicted octanol–water partition coefficient (Wildman–Crippen LogP) is 4.51. The van der Waals surface area contributed by atoms with E-state index in [0.29, 0.717) is 5.92 Å². The van der Waals surface area contributed by atoms with E-state index in [1.807, 2.05) is 18.2 Å². The molecule has 122 valence electrons. The molecule has 1 fully saturated rings. The lowest BCUT2D eigenvalue weighted by Gasteiger charge is -2.16. The van der Waals surface area contributed by atoms with E-state index < -0.39 is 0 Å². The van der Waals surface area contributed by atoms with Crippen LogP contribution >= 0.6 is 0 Å². The second-order valence-corrected chi connectivity index (χ2v) is 7.16. The van der Waals surface area contributed by atoms with Gasteiger partial charge in [-0.25, -0.2) is 0 Å². The fraction of sp³-hybridized carbons (Fsp3) is 0.130. The van der Waals surface area contributed by atoms with Crippen molar-refractivity contribution in [3.05, 3.63) is 101 Å². The van der Waals surface area contributed by atoms with E-state index in [4.69, 9.17) is 11.5 Å². The molecule has 0 unspecified atom stereocenters. The Kier molecular flexibility index (Phi) is 2.94. The zero-order valence-electron chi connectivity index (χ0n) is 13.9. The SMILES string of the molecule is Nc1cccc(C=C2c3ccccc3[C@H]3C[C@@]3(N)c3ccccc32)c1. The molecule has 3 aromatic rings. The number of nitrogens with two attached hydrogens (primary N) is 2. The molecule has 0 aromatic heterocycles. The summed E-state index contributed by atoms with van der Waals surface area (Å²) >= 11 is 0. The number of rotatable bonds is 1. The van der Waals surface area contributed by atoms with Crippen LogP contribution < -0.4 is 11.5 Å². The van der Waals surface area contributed by atoms with Gasteiger partial charge in [0.15, 0.2) is 0 Å². The van der Waals surface area contributed by atoms with Gasteiger partial charge >= 0.3 is 0 Å². The van der Waals surface area contributed by atoms with E-state index in [9.17, 15) is 0 Å². The Morgan fingerprint density at radius 3 is 2.48 bits per heavy atom. The van der Waals surface area contributed by atoms with E-state index in [-0.39, 0.29) is 5.54 Å². The molecule has 0 radical (unpaired) electrons. The van der Waals surface area contributed by atoms with Crippen LogP contribution in [0.5, 0.6) is 0 Å². The number of hydrogen-bond donors (Lipinski definition) is 2. The molecule has 2 nitrogen and oxygen atoms in total. The van der Waals surface area contributed by atoms with Gasteiger partial charge in [0.2, 0.25) is 0 Å². The highest BCUT2D eigenvalue weighted by Gasteiger charge is 2.56. The minimum atomic E-state index is -0.238. The first-order valence-corrected chi connectivity index (χ1v) is 8.72. The molecular weight excluding hydrogens is 304 g/mol. The fourth-order valence-corrected chi connectivity index (χ4v) is 4.25. The molecule has 0 spiro atoms. The van der Waals surface area contributed by atoms with Crippen molar-refractivity contribution in [2.45, 2.75) is 17.9 Å². The Hall–Kier alpha value is -2.84. The van der Waals surface area contributed by atoms with Crippen molar-refractivity contribution in [1.82, 2.24) is 0 Å². The molecule has 25 heavy (non-hydrogen) atoms. The zero-order valence-corrected chi connectivity index (χ0v) is 13.9. The molecule has 5 rings (SSSR count). The summed E-state index contributed by atoms with van der Waals surface area (Å²) in [6, 6.07) is 25.3. The maximum atomic E-state index is 6.81. The number of anilines is 1. The Labute approximate surface area is 147 Å². The highest BCUT2D eigenvalue weighted by molar-refractivity contribution is 5.95. The topological polar surface area (TPSA) is 52.0 Å². The standard InChI is InChI=1S/C23H20N2/c24-16-7-5-6-15(12-16)13-20-17-8-1-2-9-18(17)22-14-23(22,25)21-11-4-3-10-19(20)21/h1-13,22H,14,24-25H2/t22-,23-/m1/s1. The van der Waals surface area contributed by atoms with Gasteiger partial charge in [0.1, 0.15) is 0 Å². The van der Waals surface area contributed by atoms with Gasteiger partial charge in [-0.15, -0.1) is 0 Å². The first-order chi connectivity index (χ1) is 12.2. The molecule has 0 bridgehead atoms. The van der Waals surface area contributed by atoms with Crippen LogP contribution in [0.4, 0.5) is 5.69 Å². The van der Waals surface area contributed by atoms with Gasteiger partial charge < -0.3 is 11.5 Å². The number of hydrogen-bond acceptors (Lipinski definition) is 2. The highest BCUT2D eigenvalue weighted by atomic mass is 14.9. The molecule has 2 aliphatic rings. The molecule has 0 aliphatic heterocycles. The minimum absolute atomic E-state index is 0.238. The third kappa shape index (κ3) is 2.15. The summed E-state index contributed by atoms with van der Waals surface area (Å²) < 4.78 is 0. The highest BCUT2D eigenvalue weighted by Crippen LogP contribution is 2.61. The summed E-state index contributed by atoms with van der Waals surface area (Å²) in [5, 5.41) is 0. The average molecular weight is 324 g/mol. The normalized spacial score (nSPS) is 24.8. The molecule has 2 atom stereocenters. The van der Waals surface area contributed by atoms with E-state index in [2.05, 4.69) is 60.7 Å². The minimum Gasteiger partial charge on any atom is -0.399 e. The van der Waals surface area contributed by atoms with Gasteiger partial charge in [-0.3, -0.25) is 0 Å². The maximum Gasteiger partial charge on any atom is 0.0492 e. The van der Waals surface area contributed by atoms with Crippen molar-refractivity contribution >= 4 is 17.3 Å². The smallest absolute Gasteiger partial charge is 0.0492 e. The predicted molar refractivity (Wildman–Crippen MR) is 104 cm³/mol. The first kappa shape index (κ1) is 14.5. The van der Waals surface area contributed by atoms with E-state index >= 15 is 0 Å². The van der Waals surface area contributed by atoms with Gasteiger partial charge in [0, 0.05) is 17.1 Å². The van der Waals surface area contributed by atoms with Gasteiger partial charge in [0.05, 0.1) is 0 Å². The lowest BCUT2D eigenvalue weighted by Crippen LogP contribution is -2.22. The van der Waals surface area contributed by atoms with Crippen LogP contribution in [-0.4, -0.2) is 0 Å². The van der Waals surface area contributed by atoms with Crippen molar-refractivity contribution in [1.29, 1.82) is 0 Å². The van der Waals surface area contributed by atoms with E-state index in [1.165, 1.54) is 27.8 Å². The molecule has 1 saturated carbocycles. The monoisotopic (exact) mass is 324 g/mol. The van der Waals surface area contributed by atoms with E-state index in [0.717, 1.165) is 17.7 Å². The van der Waals surface area contributed by atoms with Crippen molar-refractivity contribution in [3.63, 3.8) is 0 Å². The van der Waals surface area contributed by atoms with Crippen LogP contribution in [-0.2, 0) is 5.54 Å². The lowest BCUT2D eigenvalue weighted by atomic mass is 9.90. The van der Waals surface area contributed by atoms with Gasteiger partial charge in [-0.1, -0.05) is 60.7 Å². The fourth-order valence-electron chi connectivity index (χ4n) is 4.25. The summed E-state index contributed by atoms with van der Waals surface area (Å²) in [7, 11) is 0. The Morgan fingerprint density at radius 2 is 1.64 bits per heavy atom. The summed E-state index contributed by atoms with van der Waals surface area (Å²) in [5.41, 5.74) is 20.8. The Balaban J connectivity index is 1.81. The van der Waals surface area contributed by atoms with Gasteiger partial charge in [-0.05, 0) is 58.0 Å². The molecule has 0 saturated heterocycles. The van der Waals surface area contributed by atoms with Gasteiger partial charge in [0.25, 0.3) is 0 Å². The number of fused-ring (bicyclic) bond motifs is 5. The molecule has 2 heteroatoms. The molecule has 0 heterocycles. The Bertz CT molecular complexity index is 1020. The second-order valence-electron chi connectivity index (χ2n) is 7.16. The van der Waals surface area contributed by atoms with Crippen LogP contribution in [0.3, 0.4) is 0 Å². The van der Waals surface area contributed by atoms with Gasteiger partial charge in [-0.2, -0.15) is 0 Å². The number of benzene rings is 3. The third-order valence-electron chi connectivity index (χ3n) is 5.57. The second kappa shape index (κ2) is 5.08. The van der Waals surface area contributed by atoms with Crippen LogP contribution in [0, 0.1) is 0 Å².